The summed E-state index contributed by atoms with van der Waals surface area (Å²) in [4.78, 5) is 9.97. The van der Waals surface area contributed by atoms with Crippen molar-refractivity contribution in [2.24, 2.45) is 5.16 Å². The second-order valence-electron chi connectivity index (χ2n) is 8.02. The SMILES string of the molecule is CO/N=C/c1cccc2nc(N[C@@H]3CCc4ccccc43)c(-c3ccc(C)cc3)cc12. The van der Waals surface area contributed by atoms with Gasteiger partial charge in [0, 0.05) is 16.5 Å². The number of nitrogens with one attached hydrogen (secondary N) is 1. The zero-order valence-corrected chi connectivity index (χ0v) is 17.8. The molecule has 1 atom stereocenters. The number of nitrogens with zero attached hydrogens (tertiary/aromatic N) is 2. The van der Waals surface area contributed by atoms with Crippen molar-refractivity contribution in [2.75, 3.05) is 12.4 Å². The van der Waals surface area contributed by atoms with Crippen LogP contribution in [-0.4, -0.2) is 18.3 Å². The quantitative estimate of drug-likeness (QED) is 0.312. The summed E-state index contributed by atoms with van der Waals surface area (Å²) in [5.74, 6) is 0.916. The first-order chi connectivity index (χ1) is 15.2. The monoisotopic (exact) mass is 407 g/mol. The van der Waals surface area contributed by atoms with Crippen LogP contribution in [0.25, 0.3) is 22.0 Å². The third kappa shape index (κ3) is 3.77. The summed E-state index contributed by atoms with van der Waals surface area (Å²) in [5.41, 5.74) is 8.20. The van der Waals surface area contributed by atoms with Crippen LogP contribution >= 0.6 is 0 Å². The lowest BCUT2D eigenvalue weighted by Crippen LogP contribution is -2.10. The Labute approximate surface area is 182 Å². The molecule has 154 valence electrons. The smallest absolute Gasteiger partial charge is 0.135 e. The van der Waals surface area contributed by atoms with Gasteiger partial charge in [0.1, 0.15) is 12.9 Å². The van der Waals surface area contributed by atoms with Crippen LogP contribution in [0.1, 0.15) is 34.7 Å². The van der Waals surface area contributed by atoms with E-state index >= 15 is 0 Å². The van der Waals surface area contributed by atoms with Gasteiger partial charge in [-0.25, -0.2) is 4.98 Å². The standard InChI is InChI=1S/C27H25N3O/c1-18-10-12-20(13-11-18)24-16-23-21(17-28-31-2)7-5-9-25(23)29-27(24)30-26-15-14-19-6-3-4-8-22(19)26/h3-13,16-17,26H,14-15H2,1-2H3,(H,29,30)/b28-17+/t26-/m1/s1. The summed E-state index contributed by atoms with van der Waals surface area (Å²) in [5, 5.41) is 8.78. The van der Waals surface area contributed by atoms with E-state index in [0.29, 0.717) is 0 Å². The Hall–Kier alpha value is -3.66. The van der Waals surface area contributed by atoms with Crippen LogP contribution in [0.2, 0.25) is 0 Å². The maximum atomic E-state index is 5.07. The predicted octanol–water partition coefficient (Wildman–Crippen LogP) is 6.29. The van der Waals surface area contributed by atoms with Gasteiger partial charge in [-0.05, 0) is 48.6 Å². The van der Waals surface area contributed by atoms with Gasteiger partial charge in [-0.3, -0.25) is 0 Å². The van der Waals surface area contributed by atoms with Gasteiger partial charge in [-0.15, -0.1) is 0 Å². The summed E-state index contributed by atoms with van der Waals surface area (Å²) in [7, 11) is 1.55. The number of anilines is 1. The normalized spacial score (nSPS) is 15.4. The molecule has 0 amide bonds. The van der Waals surface area contributed by atoms with Crippen molar-refractivity contribution >= 4 is 22.9 Å². The van der Waals surface area contributed by atoms with E-state index in [0.717, 1.165) is 46.3 Å². The Morgan fingerprint density at radius 2 is 1.87 bits per heavy atom. The minimum absolute atomic E-state index is 0.267. The summed E-state index contributed by atoms with van der Waals surface area (Å²) < 4.78 is 0. The molecule has 1 aliphatic rings. The van der Waals surface area contributed by atoms with Crippen molar-refractivity contribution in [1.29, 1.82) is 0 Å². The summed E-state index contributed by atoms with van der Waals surface area (Å²) in [6, 6.07) is 25.9. The van der Waals surface area contributed by atoms with Gasteiger partial charge in [-0.2, -0.15) is 0 Å². The molecule has 0 spiro atoms. The second kappa shape index (κ2) is 8.23. The van der Waals surface area contributed by atoms with E-state index in [1.165, 1.54) is 16.7 Å². The van der Waals surface area contributed by atoms with Crippen LogP contribution in [0.3, 0.4) is 0 Å². The van der Waals surface area contributed by atoms with E-state index in [4.69, 9.17) is 9.82 Å². The van der Waals surface area contributed by atoms with Crippen LogP contribution < -0.4 is 5.32 Å². The van der Waals surface area contributed by atoms with E-state index in [9.17, 15) is 0 Å². The highest BCUT2D eigenvalue weighted by atomic mass is 16.6. The van der Waals surface area contributed by atoms with E-state index in [2.05, 4.69) is 72.0 Å². The molecule has 0 unspecified atom stereocenters. The largest absolute Gasteiger partial charge is 0.399 e. The lowest BCUT2D eigenvalue weighted by atomic mass is 10.00. The number of oxime groups is 1. The van der Waals surface area contributed by atoms with Gasteiger partial charge in [0.2, 0.25) is 0 Å². The first-order valence-corrected chi connectivity index (χ1v) is 10.6. The van der Waals surface area contributed by atoms with E-state index in [1.54, 1.807) is 13.3 Å². The van der Waals surface area contributed by atoms with Crippen LogP contribution in [-0.2, 0) is 11.3 Å². The molecule has 0 aliphatic heterocycles. The molecule has 1 aliphatic carbocycles. The minimum atomic E-state index is 0.267. The highest BCUT2D eigenvalue weighted by molar-refractivity contribution is 6.01. The molecule has 1 aromatic heterocycles. The van der Waals surface area contributed by atoms with Gasteiger partial charge in [-0.1, -0.05) is 71.4 Å². The highest BCUT2D eigenvalue weighted by Crippen LogP contribution is 2.37. The fourth-order valence-corrected chi connectivity index (χ4v) is 4.38. The van der Waals surface area contributed by atoms with E-state index in [1.807, 2.05) is 18.2 Å². The maximum Gasteiger partial charge on any atom is 0.135 e. The fraction of sp³-hybridized carbons (Fsp3) is 0.185. The number of pyridine rings is 1. The van der Waals surface area contributed by atoms with Crippen molar-refractivity contribution < 1.29 is 4.84 Å². The van der Waals surface area contributed by atoms with Gasteiger partial charge in [0.05, 0.1) is 17.8 Å². The van der Waals surface area contributed by atoms with Gasteiger partial charge in [0.15, 0.2) is 0 Å². The molecule has 1 heterocycles. The molecule has 3 aromatic carbocycles. The fourth-order valence-electron chi connectivity index (χ4n) is 4.38. The minimum Gasteiger partial charge on any atom is -0.399 e. The zero-order chi connectivity index (χ0) is 21.2. The zero-order valence-electron chi connectivity index (χ0n) is 17.8. The Balaban J connectivity index is 1.65. The lowest BCUT2D eigenvalue weighted by molar-refractivity contribution is 0.215. The van der Waals surface area contributed by atoms with Gasteiger partial charge in [0.25, 0.3) is 0 Å². The average Bonchev–Trinajstić information content (AvgIpc) is 3.21. The highest BCUT2D eigenvalue weighted by Gasteiger charge is 2.23. The Bertz CT molecular complexity index is 1260. The molecule has 0 saturated carbocycles. The van der Waals surface area contributed by atoms with Crippen molar-refractivity contribution in [2.45, 2.75) is 25.8 Å². The van der Waals surface area contributed by atoms with Crippen molar-refractivity contribution in [3.05, 3.63) is 95.1 Å². The number of aryl methyl sites for hydroxylation is 2. The number of benzene rings is 3. The Morgan fingerprint density at radius 3 is 2.71 bits per heavy atom. The van der Waals surface area contributed by atoms with Crippen LogP contribution in [0, 0.1) is 6.92 Å². The van der Waals surface area contributed by atoms with Crippen LogP contribution in [0.15, 0.2) is 78.0 Å². The van der Waals surface area contributed by atoms with Crippen LogP contribution in [0.4, 0.5) is 5.82 Å². The van der Waals surface area contributed by atoms with E-state index in [-0.39, 0.29) is 6.04 Å². The molecule has 0 radical (unpaired) electrons. The predicted molar refractivity (Wildman–Crippen MR) is 128 cm³/mol. The van der Waals surface area contributed by atoms with Crippen molar-refractivity contribution in [3.63, 3.8) is 0 Å². The van der Waals surface area contributed by atoms with Gasteiger partial charge >= 0.3 is 0 Å². The molecular weight excluding hydrogens is 382 g/mol. The Morgan fingerprint density at radius 1 is 1.03 bits per heavy atom. The molecule has 4 aromatic rings. The summed E-state index contributed by atoms with van der Waals surface area (Å²) in [6.45, 7) is 2.11. The number of rotatable bonds is 5. The molecular formula is C27H25N3O. The summed E-state index contributed by atoms with van der Waals surface area (Å²) >= 11 is 0. The molecule has 5 rings (SSSR count). The third-order valence-electron chi connectivity index (χ3n) is 6.00. The van der Waals surface area contributed by atoms with Crippen LogP contribution in [0.5, 0.6) is 0 Å². The molecule has 0 saturated heterocycles. The molecule has 31 heavy (non-hydrogen) atoms. The maximum absolute atomic E-state index is 5.07. The number of hydrogen-bond donors (Lipinski definition) is 1. The number of aromatic nitrogens is 1. The molecule has 0 bridgehead atoms. The van der Waals surface area contributed by atoms with E-state index < -0.39 is 0 Å². The number of fused-ring (bicyclic) bond motifs is 2. The summed E-state index contributed by atoms with van der Waals surface area (Å²) in [6.07, 6.45) is 3.91. The number of hydrogen-bond acceptors (Lipinski definition) is 4. The van der Waals surface area contributed by atoms with Crippen molar-refractivity contribution in [3.8, 4) is 11.1 Å². The first kappa shape index (κ1) is 19.3. The Kier molecular flexibility index (Phi) is 5.13. The lowest BCUT2D eigenvalue weighted by Gasteiger charge is -2.19. The van der Waals surface area contributed by atoms with Gasteiger partial charge < -0.3 is 10.2 Å². The third-order valence-corrected chi connectivity index (χ3v) is 6.00. The van der Waals surface area contributed by atoms with Crippen molar-refractivity contribution in [1.82, 2.24) is 4.98 Å². The molecule has 0 fully saturated rings. The second-order valence-corrected chi connectivity index (χ2v) is 8.02. The molecule has 1 N–H and O–H groups in total. The average molecular weight is 408 g/mol. The molecule has 4 nitrogen and oxygen atoms in total. The first-order valence-electron chi connectivity index (χ1n) is 10.6. The topological polar surface area (TPSA) is 46.5 Å². The molecule has 4 heteroatoms.